The van der Waals surface area contributed by atoms with Gasteiger partial charge in [0.05, 0.1) is 0 Å². The smallest absolute Gasteiger partial charge is 0.222 e. The van der Waals surface area contributed by atoms with Gasteiger partial charge in [0.2, 0.25) is 5.91 Å². The van der Waals surface area contributed by atoms with Crippen LogP contribution in [0.25, 0.3) is 0 Å². The van der Waals surface area contributed by atoms with Crippen LogP contribution in [0.5, 0.6) is 0 Å². The van der Waals surface area contributed by atoms with Crippen molar-refractivity contribution in [3.8, 4) is 0 Å². The molecule has 0 spiro atoms. The Morgan fingerprint density at radius 1 is 1.07 bits per heavy atom. The second-order valence-electron chi connectivity index (χ2n) is 2.84. The molecule has 0 atom stereocenters. The first-order valence-corrected chi connectivity index (χ1v) is 6.12. The Morgan fingerprint density at radius 3 is 1.86 bits per heavy atom. The van der Waals surface area contributed by atoms with E-state index in [1.54, 1.807) is 0 Å². The Balaban J connectivity index is 0. The number of hydrogen-bond donors (Lipinski definition) is 0. The van der Waals surface area contributed by atoms with E-state index in [0.717, 1.165) is 25.9 Å². The van der Waals surface area contributed by atoms with Crippen molar-refractivity contribution in [3.05, 3.63) is 0 Å². The fourth-order valence-electron chi connectivity index (χ4n) is 1.34. The molecule has 1 saturated heterocycles. The molecule has 0 aromatic carbocycles. The maximum atomic E-state index is 11.2. The summed E-state index contributed by atoms with van der Waals surface area (Å²) in [6.07, 6.45) is 4.13. The van der Waals surface area contributed by atoms with Crippen LogP contribution in [0.2, 0.25) is 0 Å². The van der Waals surface area contributed by atoms with Crippen LogP contribution in [0.3, 0.4) is 0 Å². The minimum Gasteiger partial charge on any atom is -0.343 e. The van der Waals surface area contributed by atoms with Crippen LogP contribution in [0.15, 0.2) is 0 Å². The van der Waals surface area contributed by atoms with Gasteiger partial charge in [-0.25, -0.2) is 0 Å². The third kappa shape index (κ3) is 6.93. The highest BCUT2D eigenvalue weighted by atomic mass is 16.2. The highest BCUT2D eigenvalue weighted by Gasteiger charge is 2.15. The number of carbonyl (C=O) groups excluding carboxylic acids is 1. The zero-order valence-corrected chi connectivity index (χ0v) is 10.6. The predicted molar refractivity (Wildman–Crippen MR) is 63.4 cm³/mol. The molecule has 2 nitrogen and oxygen atoms in total. The van der Waals surface area contributed by atoms with Gasteiger partial charge in [-0.05, 0) is 19.3 Å². The Hall–Kier alpha value is -0.530. The molecule has 0 aromatic rings. The average Bonchev–Trinajstić information content (AvgIpc) is 2.77. The minimum absolute atomic E-state index is 0.347. The number of nitrogens with zero attached hydrogens (tertiary/aromatic N) is 1. The van der Waals surface area contributed by atoms with Crippen molar-refractivity contribution in [3.63, 3.8) is 0 Å². The summed E-state index contributed by atoms with van der Waals surface area (Å²) in [5, 5.41) is 0. The first kappa shape index (κ1) is 15.9. The fourth-order valence-corrected chi connectivity index (χ4v) is 1.34. The third-order valence-corrected chi connectivity index (χ3v) is 1.92. The minimum atomic E-state index is 0.347. The van der Waals surface area contributed by atoms with Gasteiger partial charge in [0, 0.05) is 19.5 Å². The van der Waals surface area contributed by atoms with E-state index in [-0.39, 0.29) is 0 Å². The standard InChI is InChI=1S/C8H15NO.2C2H6/c1-2-5-8(10)9-6-3-4-7-9;2*1-2/h2-7H2,1H3;2*1-2H3. The predicted octanol–water partition coefficient (Wildman–Crippen LogP) is 3.46. The van der Waals surface area contributed by atoms with Crippen LogP contribution >= 0.6 is 0 Å². The molecule has 0 radical (unpaired) electrons. The van der Waals surface area contributed by atoms with Gasteiger partial charge in [0.15, 0.2) is 0 Å². The molecule has 0 aromatic heterocycles. The van der Waals surface area contributed by atoms with Crippen molar-refractivity contribution >= 4 is 5.91 Å². The van der Waals surface area contributed by atoms with Gasteiger partial charge in [0.25, 0.3) is 0 Å². The molecule has 0 bridgehead atoms. The van der Waals surface area contributed by atoms with E-state index in [0.29, 0.717) is 5.91 Å². The molecule has 1 rings (SSSR count). The van der Waals surface area contributed by atoms with Gasteiger partial charge >= 0.3 is 0 Å². The van der Waals surface area contributed by atoms with Crippen LogP contribution in [0.1, 0.15) is 60.3 Å². The van der Waals surface area contributed by atoms with Crippen LogP contribution < -0.4 is 0 Å². The fraction of sp³-hybridized carbons (Fsp3) is 0.917. The Morgan fingerprint density at radius 2 is 1.50 bits per heavy atom. The maximum absolute atomic E-state index is 11.2. The lowest BCUT2D eigenvalue weighted by Crippen LogP contribution is -2.26. The Labute approximate surface area is 89.7 Å². The third-order valence-electron chi connectivity index (χ3n) is 1.92. The molecule has 1 heterocycles. The number of carbonyl (C=O) groups is 1. The summed E-state index contributed by atoms with van der Waals surface area (Å²) < 4.78 is 0. The molecule has 1 aliphatic rings. The molecule has 0 N–H and O–H groups in total. The molecular weight excluding hydrogens is 174 g/mol. The molecule has 0 saturated carbocycles. The number of rotatable bonds is 2. The van der Waals surface area contributed by atoms with Gasteiger partial charge in [-0.15, -0.1) is 0 Å². The average molecular weight is 201 g/mol. The molecule has 1 fully saturated rings. The van der Waals surface area contributed by atoms with E-state index in [4.69, 9.17) is 0 Å². The van der Waals surface area contributed by atoms with Crippen molar-refractivity contribution in [2.24, 2.45) is 0 Å². The quantitative estimate of drug-likeness (QED) is 0.670. The van der Waals surface area contributed by atoms with Crippen molar-refractivity contribution in [1.82, 2.24) is 4.90 Å². The molecular formula is C12H27NO. The van der Waals surface area contributed by atoms with E-state index in [1.165, 1.54) is 12.8 Å². The summed E-state index contributed by atoms with van der Waals surface area (Å²) in [7, 11) is 0. The summed E-state index contributed by atoms with van der Waals surface area (Å²) >= 11 is 0. The molecule has 2 heteroatoms. The van der Waals surface area contributed by atoms with E-state index >= 15 is 0 Å². The van der Waals surface area contributed by atoms with Crippen LogP contribution in [0, 0.1) is 0 Å². The Bertz CT molecular complexity index is 117. The van der Waals surface area contributed by atoms with E-state index in [1.807, 2.05) is 39.5 Å². The van der Waals surface area contributed by atoms with E-state index in [9.17, 15) is 4.79 Å². The van der Waals surface area contributed by atoms with Crippen molar-refractivity contribution in [2.45, 2.75) is 60.3 Å². The summed E-state index contributed by atoms with van der Waals surface area (Å²) in [5.74, 6) is 0.347. The lowest BCUT2D eigenvalue weighted by molar-refractivity contribution is -0.130. The van der Waals surface area contributed by atoms with Crippen molar-refractivity contribution in [1.29, 1.82) is 0 Å². The van der Waals surface area contributed by atoms with Crippen LogP contribution in [-0.2, 0) is 4.79 Å². The number of likely N-dealkylation sites (tertiary alicyclic amines) is 1. The molecule has 1 amide bonds. The number of hydrogen-bond acceptors (Lipinski definition) is 1. The van der Waals surface area contributed by atoms with E-state index in [2.05, 4.69) is 0 Å². The normalized spacial score (nSPS) is 13.6. The van der Waals surface area contributed by atoms with Gasteiger partial charge in [-0.2, -0.15) is 0 Å². The monoisotopic (exact) mass is 201 g/mol. The van der Waals surface area contributed by atoms with Crippen molar-refractivity contribution in [2.75, 3.05) is 13.1 Å². The summed E-state index contributed by atoms with van der Waals surface area (Å²) in [4.78, 5) is 13.1. The SMILES string of the molecule is CC.CC.CCCC(=O)N1CCCC1. The molecule has 0 aliphatic carbocycles. The van der Waals surface area contributed by atoms with Gasteiger partial charge in [-0.1, -0.05) is 34.6 Å². The number of amides is 1. The molecule has 0 unspecified atom stereocenters. The molecule has 86 valence electrons. The summed E-state index contributed by atoms with van der Waals surface area (Å²) in [6.45, 7) is 12.0. The first-order chi connectivity index (χ1) is 6.84. The second-order valence-corrected chi connectivity index (χ2v) is 2.84. The Kier molecular flexibility index (Phi) is 14.2. The summed E-state index contributed by atoms with van der Waals surface area (Å²) in [5.41, 5.74) is 0. The largest absolute Gasteiger partial charge is 0.343 e. The zero-order valence-electron chi connectivity index (χ0n) is 10.6. The molecule has 14 heavy (non-hydrogen) atoms. The van der Waals surface area contributed by atoms with Crippen molar-refractivity contribution < 1.29 is 4.79 Å². The van der Waals surface area contributed by atoms with E-state index < -0.39 is 0 Å². The van der Waals surface area contributed by atoms with Gasteiger partial charge in [0.1, 0.15) is 0 Å². The zero-order chi connectivity index (χ0) is 11.4. The highest BCUT2D eigenvalue weighted by Crippen LogP contribution is 2.09. The highest BCUT2D eigenvalue weighted by molar-refractivity contribution is 5.76. The first-order valence-electron chi connectivity index (χ1n) is 6.12. The van der Waals surface area contributed by atoms with Crippen LogP contribution in [-0.4, -0.2) is 23.9 Å². The van der Waals surface area contributed by atoms with Gasteiger partial charge < -0.3 is 4.90 Å². The molecule has 1 aliphatic heterocycles. The van der Waals surface area contributed by atoms with Gasteiger partial charge in [-0.3, -0.25) is 4.79 Å². The lowest BCUT2D eigenvalue weighted by atomic mass is 10.3. The second kappa shape index (κ2) is 12.5. The maximum Gasteiger partial charge on any atom is 0.222 e. The van der Waals surface area contributed by atoms with Crippen LogP contribution in [0.4, 0.5) is 0 Å². The lowest BCUT2D eigenvalue weighted by Gasteiger charge is -2.13. The summed E-state index contributed by atoms with van der Waals surface area (Å²) in [6, 6.07) is 0. The topological polar surface area (TPSA) is 20.3 Å².